The maximum Gasteiger partial charge on any atom is 0.226 e. The Bertz CT molecular complexity index is 327. The van der Waals surface area contributed by atoms with Crippen LogP contribution in [0.4, 0.5) is 5.69 Å². The molecule has 15 heavy (non-hydrogen) atoms. The van der Waals surface area contributed by atoms with Crippen LogP contribution >= 0.6 is 0 Å². The predicted octanol–water partition coefficient (Wildman–Crippen LogP) is 3.15. The zero-order chi connectivity index (χ0) is 11.4. The van der Waals surface area contributed by atoms with E-state index in [-0.39, 0.29) is 11.9 Å². The van der Waals surface area contributed by atoms with Crippen molar-refractivity contribution < 1.29 is 4.79 Å². The number of benzene rings is 1. The number of anilines is 1. The summed E-state index contributed by atoms with van der Waals surface area (Å²) < 4.78 is 0. The fourth-order valence-corrected chi connectivity index (χ4v) is 1.61. The summed E-state index contributed by atoms with van der Waals surface area (Å²) in [6.07, 6.45) is 0.548. The van der Waals surface area contributed by atoms with Crippen molar-refractivity contribution in [2.24, 2.45) is 0 Å². The van der Waals surface area contributed by atoms with Gasteiger partial charge in [-0.3, -0.25) is 4.79 Å². The third-order valence-corrected chi connectivity index (χ3v) is 2.40. The van der Waals surface area contributed by atoms with Crippen LogP contribution in [0.1, 0.15) is 32.8 Å². The monoisotopic (exact) mass is 205 g/mol. The van der Waals surface area contributed by atoms with Crippen LogP contribution in [0.15, 0.2) is 24.3 Å². The number of carbonyl (C=O) groups excluding carboxylic acids is 1. The summed E-state index contributed by atoms with van der Waals surface area (Å²) in [5.74, 6) is 0.175. The van der Waals surface area contributed by atoms with E-state index in [4.69, 9.17) is 0 Å². The van der Waals surface area contributed by atoms with Crippen LogP contribution in [0.3, 0.4) is 0 Å². The van der Waals surface area contributed by atoms with E-state index in [1.54, 1.807) is 0 Å². The lowest BCUT2D eigenvalue weighted by Crippen LogP contribution is -2.36. The fraction of sp³-hybridized carbons (Fsp3) is 0.462. The van der Waals surface area contributed by atoms with Crippen LogP contribution in [0, 0.1) is 6.92 Å². The normalized spacial score (nSPS) is 10.5. The molecule has 0 aliphatic rings. The lowest BCUT2D eigenvalue weighted by atomic mass is 10.2. The molecule has 1 amide bonds. The first-order valence-electron chi connectivity index (χ1n) is 5.45. The van der Waals surface area contributed by atoms with Crippen molar-refractivity contribution in [3.05, 3.63) is 29.8 Å². The molecule has 1 rings (SSSR count). The van der Waals surface area contributed by atoms with Crippen molar-refractivity contribution in [3.63, 3.8) is 0 Å². The van der Waals surface area contributed by atoms with Gasteiger partial charge in [0.25, 0.3) is 0 Å². The van der Waals surface area contributed by atoms with Gasteiger partial charge in [-0.1, -0.05) is 24.6 Å². The van der Waals surface area contributed by atoms with E-state index >= 15 is 0 Å². The number of carbonyl (C=O) groups is 1. The van der Waals surface area contributed by atoms with Gasteiger partial charge < -0.3 is 4.90 Å². The summed E-state index contributed by atoms with van der Waals surface area (Å²) in [7, 11) is 0. The first-order chi connectivity index (χ1) is 7.06. The quantitative estimate of drug-likeness (QED) is 0.742. The average Bonchev–Trinajstić information content (AvgIpc) is 2.20. The van der Waals surface area contributed by atoms with E-state index in [1.165, 1.54) is 5.56 Å². The summed E-state index contributed by atoms with van der Waals surface area (Å²) in [6.45, 7) is 8.01. The standard InChI is InChI=1S/C13H19NO/c1-5-13(15)14(10(2)3)12-8-6-11(4)7-9-12/h6-10H,5H2,1-4H3. The van der Waals surface area contributed by atoms with Crippen LogP contribution in [-0.4, -0.2) is 11.9 Å². The molecule has 1 aromatic rings. The maximum atomic E-state index is 11.8. The Balaban J connectivity index is 2.99. The second-order valence-corrected chi connectivity index (χ2v) is 4.05. The number of rotatable bonds is 3. The van der Waals surface area contributed by atoms with Crippen molar-refractivity contribution in [3.8, 4) is 0 Å². The summed E-state index contributed by atoms with van der Waals surface area (Å²) in [5, 5.41) is 0. The highest BCUT2D eigenvalue weighted by Crippen LogP contribution is 2.18. The number of hydrogen-bond donors (Lipinski definition) is 0. The highest BCUT2D eigenvalue weighted by molar-refractivity contribution is 5.93. The molecule has 0 aliphatic carbocycles. The van der Waals surface area contributed by atoms with Crippen LogP contribution in [-0.2, 0) is 4.79 Å². The van der Waals surface area contributed by atoms with E-state index < -0.39 is 0 Å². The Hall–Kier alpha value is -1.31. The SMILES string of the molecule is CCC(=O)N(c1ccc(C)cc1)C(C)C. The van der Waals surface area contributed by atoms with E-state index in [0.29, 0.717) is 6.42 Å². The van der Waals surface area contributed by atoms with E-state index in [9.17, 15) is 4.79 Å². The molecule has 2 heteroatoms. The third kappa shape index (κ3) is 2.82. The van der Waals surface area contributed by atoms with Gasteiger partial charge in [0.05, 0.1) is 0 Å². The molecular formula is C13H19NO. The first-order valence-corrected chi connectivity index (χ1v) is 5.45. The summed E-state index contributed by atoms with van der Waals surface area (Å²) in [6, 6.07) is 8.28. The summed E-state index contributed by atoms with van der Waals surface area (Å²) in [5.41, 5.74) is 2.20. The van der Waals surface area contributed by atoms with Crippen LogP contribution < -0.4 is 4.90 Å². The van der Waals surface area contributed by atoms with Crippen LogP contribution in [0.2, 0.25) is 0 Å². The molecule has 0 N–H and O–H groups in total. The highest BCUT2D eigenvalue weighted by Gasteiger charge is 2.16. The molecule has 0 spiro atoms. The third-order valence-electron chi connectivity index (χ3n) is 2.40. The minimum Gasteiger partial charge on any atom is -0.310 e. The second kappa shape index (κ2) is 4.96. The maximum absolute atomic E-state index is 11.8. The lowest BCUT2D eigenvalue weighted by Gasteiger charge is -2.26. The molecule has 0 fully saturated rings. The Morgan fingerprint density at radius 2 is 1.80 bits per heavy atom. The van der Waals surface area contributed by atoms with E-state index in [1.807, 2.05) is 56.9 Å². The molecule has 0 bridgehead atoms. The van der Waals surface area contributed by atoms with Crippen molar-refractivity contribution in [2.75, 3.05) is 4.90 Å². The molecule has 0 aliphatic heterocycles. The molecule has 0 heterocycles. The number of nitrogens with zero attached hydrogens (tertiary/aromatic N) is 1. The molecule has 0 unspecified atom stereocenters. The van der Waals surface area contributed by atoms with Gasteiger partial charge in [0.2, 0.25) is 5.91 Å². The zero-order valence-corrected chi connectivity index (χ0v) is 9.95. The molecule has 0 atom stereocenters. The zero-order valence-electron chi connectivity index (χ0n) is 9.95. The largest absolute Gasteiger partial charge is 0.310 e. The second-order valence-electron chi connectivity index (χ2n) is 4.05. The van der Waals surface area contributed by atoms with Gasteiger partial charge in [-0.2, -0.15) is 0 Å². The van der Waals surface area contributed by atoms with Gasteiger partial charge in [0.1, 0.15) is 0 Å². The minimum absolute atomic E-state index is 0.175. The van der Waals surface area contributed by atoms with Gasteiger partial charge in [-0.15, -0.1) is 0 Å². The number of aryl methyl sites for hydroxylation is 1. The summed E-state index contributed by atoms with van der Waals surface area (Å²) in [4.78, 5) is 13.6. The fourth-order valence-electron chi connectivity index (χ4n) is 1.61. The first kappa shape index (κ1) is 11.8. The number of hydrogen-bond acceptors (Lipinski definition) is 1. The Morgan fingerprint density at radius 1 is 1.27 bits per heavy atom. The number of amides is 1. The van der Waals surface area contributed by atoms with Crippen molar-refractivity contribution in [1.29, 1.82) is 0 Å². The minimum atomic E-state index is 0.175. The molecule has 1 aromatic carbocycles. The predicted molar refractivity (Wildman–Crippen MR) is 64.1 cm³/mol. The van der Waals surface area contributed by atoms with Crippen molar-refractivity contribution in [1.82, 2.24) is 0 Å². The molecule has 0 saturated heterocycles. The van der Waals surface area contributed by atoms with E-state index in [2.05, 4.69) is 0 Å². The van der Waals surface area contributed by atoms with Gasteiger partial charge in [-0.05, 0) is 32.9 Å². The molecule has 2 nitrogen and oxygen atoms in total. The smallest absolute Gasteiger partial charge is 0.226 e. The van der Waals surface area contributed by atoms with Crippen LogP contribution in [0.25, 0.3) is 0 Å². The van der Waals surface area contributed by atoms with Gasteiger partial charge in [0.15, 0.2) is 0 Å². The topological polar surface area (TPSA) is 20.3 Å². The van der Waals surface area contributed by atoms with E-state index in [0.717, 1.165) is 5.69 Å². The highest BCUT2D eigenvalue weighted by atomic mass is 16.2. The molecule has 0 aromatic heterocycles. The van der Waals surface area contributed by atoms with Crippen molar-refractivity contribution >= 4 is 11.6 Å². The average molecular weight is 205 g/mol. The Morgan fingerprint density at radius 3 is 2.20 bits per heavy atom. The Labute approximate surface area is 91.9 Å². The van der Waals surface area contributed by atoms with Gasteiger partial charge >= 0.3 is 0 Å². The molecular weight excluding hydrogens is 186 g/mol. The summed E-state index contributed by atoms with van der Waals surface area (Å²) >= 11 is 0. The molecule has 0 saturated carbocycles. The van der Waals surface area contributed by atoms with Gasteiger partial charge in [-0.25, -0.2) is 0 Å². The van der Waals surface area contributed by atoms with Crippen LogP contribution in [0.5, 0.6) is 0 Å². The van der Waals surface area contributed by atoms with Gasteiger partial charge in [0, 0.05) is 18.2 Å². The molecule has 0 radical (unpaired) electrons. The van der Waals surface area contributed by atoms with Crippen molar-refractivity contribution in [2.45, 2.75) is 40.2 Å². The Kier molecular flexibility index (Phi) is 3.89. The molecule has 82 valence electrons. The lowest BCUT2D eigenvalue weighted by molar-refractivity contribution is -0.118.